The van der Waals surface area contributed by atoms with Gasteiger partial charge < -0.3 is 5.11 Å². The molecule has 3 heteroatoms. The average Bonchev–Trinajstić information content (AvgIpc) is 2.83. The number of halogens is 1. The molecule has 2 nitrogen and oxygen atoms in total. The predicted octanol–water partition coefficient (Wildman–Crippen LogP) is 2.23. The van der Waals surface area contributed by atoms with E-state index in [0.717, 1.165) is 19.6 Å². The number of likely N-dealkylation sites (tertiary alicyclic amines) is 1. The van der Waals surface area contributed by atoms with Gasteiger partial charge in [-0.25, -0.2) is 4.39 Å². The maximum absolute atomic E-state index is 13.5. The Kier molecular flexibility index (Phi) is 3.12. The molecule has 2 fully saturated rings. The van der Waals surface area contributed by atoms with Crippen molar-refractivity contribution in [3.63, 3.8) is 0 Å². The Morgan fingerprint density at radius 3 is 2.78 bits per heavy atom. The molecule has 0 radical (unpaired) electrons. The van der Waals surface area contributed by atoms with Crippen LogP contribution in [0.3, 0.4) is 0 Å². The summed E-state index contributed by atoms with van der Waals surface area (Å²) in [7, 11) is 0. The van der Waals surface area contributed by atoms with Crippen LogP contribution in [0.1, 0.15) is 18.4 Å². The highest BCUT2D eigenvalue weighted by Crippen LogP contribution is 2.49. The smallest absolute Gasteiger partial charge is 0.101 e. The van der Waals surface area contributed by atoms with E-state index in [2.05, 4.69) is 17.0 Å². The van der Waals surface area contributed by atoms with E-state index in [9.17, 15) is 9.50 Å². The number of aliphatic hydroxyl groups excluding tert-OH is 1. The van der Waals surface area contributed by atoms with Gasteiger partial charge in [0, 0.05) is 25.0 Å². The Bertz CT molecular complexity index is 410. The Morgan fingerprint density at radius 2 is 2.11 bits per heavy atom. The van der Waals surface area contributed by atoms with Gasteiger partial charge >= 0.3 is 0 Å². The Hall–Kier alpha value is -0.930. The van der Waals surface area contributed by atoms with Crippen molar-refractivity contribution in [2.75, 3.05) is 19.7 Å². The molecule has 2 aliphatic rings. The van der Waals surface area contributed by atoms with E-state index < -0.39 is 6.17 Å². The van der Waals surface area contributed by atoms with Crippen LogP contribution in [-0.4, -0.2) is 35.9 Å². The van der Waals surface area contributed by atoms with Crippen molar-refractivity contribution >= 4 is 0 Å². The van der Waals surface area contributed by atoms with Crippen molar-refractivity contribution in [3.05, 3.63) is 35.9 Å². The Labute approximate surface area is 107 Å². The van der Waals surface area contributed by atoms with Gasteiger partial charge in [-0.1, -0.05) is 30.3 Å². The zero-order valence-electron chi connectivity index (χ0n) is 10.6. The molecule has 1 aliphatic heterocycles. The van der Waals surface area contributed by atoms with Crippen LogP contribution in [0.25, 0.3) is 0 Å². The highest BCUT2D eigenvalue weighted by molar-refractivity contribution is 5.15. The van der Waals surface area contributed by atoms with Crippen LogP contribution in [0.5, 0.6) is 0 Å². The van der Waals surface area contributed by atoms with E-state index in [1.54, 1.807) is 0 Å². The maximum Gasteiger partial charge on any atom is 0.101 e. The fourth-order valence-electron chi connectivity index (χ4n) is 3.74. The molecular formula is C15H20FNO. The van der Waals surface area contributed by atoms with Gasteiger partial charge in [0.2, 0.25) is 0 Å². The number of alkyl halides is 1. The zero-order valence-corrected chi connectivity index (χ0v) is 10.6. The zero-order chi connectivity index (χ0) is 12.6. The van der Waals surface area contributed by atoms with Gasteiger partial charge in [0.1, 0.15) is 6.17 Å². The van der Waals surface area contributed by atoms with E-state index in [4.69, 9.17) is 0 Å². The number of nitrogens with zero attached hydrogens (tertiary/aromatic N) is 1. The number of fused-ring (bicyclic) bond motifs is 1. The van der Waals surface area contributed by atoms with Crippen molar-refractivity contribution in [3.8, 4) is 0 Å². The van der Waals surface area contributed by atoms with Crippen LogP contribution >= 0.6 is 0 Å². The summed E-state index contributed by atoms with van der Waals surface area (Å²) in [5.74, 6) is 0.334. The second kappa shape index (κ2) is 4.63. The monoisotopic (exact) mass is 249 g/mol. The van der Waals surface area contributed by atoms with Gasteiger partial charge in [-0.2, -0.15) is 0 Å². The average molecular weight is 249 g/mol. The minimum atomic E-state index is -0.707. The summed E-state index contributed by atoms with van der Waals surface area (Å²) in [6.07, 6.45) is 0.465. The van der Waals surface area contributed by atoms with Crippen LogP contribution in [-0.2, 0) is 6.54 Å². The Morgan fingerprint density at radius 1 is 1.33 bits per heavy atom. The predicted molar refractivity (Wildman–Crippen MR) is 68.9 cm³/mol. The lowest BCUT2D eigenvalue weighted by atomic mass is 9.82. The van der Waals surface area contributed by atoms with Crippen molar-refractivity contribution in [1.82, 2.24) is 4.90 Å². The maximum atomic E-state index is 13.5. The third kappa shape index (κ3) is 2.06. The van der Waals surface area contributed by atoms with Crippen LogP contribution in [0.15, 0.2) is 30.3 Å². The molecule has 1 aromatic carbocycles. The molecule has 1 N–H and O–H groups in total. The lowest BCUT2D eigenvalue weighted by Gasteiger charge is -2.26. The van der Waals surface area contributed by atoms with Crippen molar-refractivity contribution < 1.29 is 9.50 Å². The molecule has 0 spiro atoms. The summed E-state index contributed by atoms with van der Waals surface area (Å²) < 4.78 is 13.5. The third-order valence-electron chi connectivity index (χ3n) is 4.62. The molecule has 18 heavy (non-hydrogen) atoms. The highest BCUT2D eigenvalue weighted by atomic mass is 19.1. The number of aliphatic hydroxyl groups is 1. The second-order valence-corrected chi connectivity index (χ2v) is 5.91. The standard InChI is InChI=1S/C15H20FNO/c16-14-6-13-9-17(10-15(13,7-14)11-18)8-12-4-2-1-3-5-12/h1-5,13-14,18H,6-11H2. The first-order valence-electron chi connectivity index (χ1n) is 6.73. The molecule has 0 amide bonds. The molecule has 1 saturated heterocycles. The van der Waals surface area contributed by atoms with E-state index >= 15 is 0 Å². The first-order valence-corrected chi connectivity index (χ1v) is 6.73. The summed E-state index contributed by atoms with van der Waals surface area (Å²) in [6.45, 7) is 2.80. The van der Waals surface area contributed by atoms with Gasteiger partial charge in [-0.3, -0.25) is 4.90 Å². The molecule has 3 unspecified atom stereocenters. The number of hydrogen-bond acceptors (Lipinski definition) is 2. The topological polar surface area (TPSA) is 23.5 Å². The lowest BCUT2D eigenvalue weighted by Crippen LogP contribution is -2.31. The normalized spacial score (nSPS) is 35.9. The summed E-state index contributed by atoms with van der Waals surface area (Å²) in [5, 5.41) is 9.64. The fraction of sp³-hybridized carbons (Fsp3) is 0.600. The van der Waals surface area contributed by atoms with Gasteiger partial charge in [0.15, 0.2) is 0 Å². The van der Waals surface area contributed by atoms with Crippen LogP contribution in [0.2, 0.25) is 0 Å². The molecule has 98 valence electrons. The summed E-state index contributed by atoms with van der Waals surface area (Å²) in [5.41, 5.74) is 1.12. The Balaban J connectivity index is 1.69. The van der Waals surface area contributed by atoms with Crippen LogP contribution in [0.4, 0.5) is 4.39 Å². The highest BCUT2D eigenvalue weighted by Gasteiger charge is 2.52. The molecule has 1 aliphatic carbocycles. The number of benzene rings is 1. The van der Waals surface area contributed by atoms with E-state index in [0.29, 0.717) is 18.8 Å². The fourth-order valence-corrected chi connectivity index (χ4v) is 3.74. The van der Waals surface area contributed by atoms with E-state index in [1.807, 2.05) is 18.2 Å². The van der Waals surface area contributed by atoms with Gasteiger partial charge in [0.05, 0.1) is 6.61 Å². The van der Waals surface area contributed by atoms with E-state index in [-0.39, 0.29) is 12.0 Å². The molecular weight excluding hydrogens is 229 g/mol. The quantitative estimate of drug-likeness (QED) is 0.888. The summed E-state index contributed by atoms with van der Waals surface area (Å²) in [6, 6.07) is 10.4. The van der Waals surface area contributed by atoms with Crippen molar-refractivity contribution in [1.29, 1.82) is 0 Å². The van der Waals surface area contributed by atoms with Crippen molar-refractivity contribution in [2.45, 2.75) is 25.6 Å². The van der Waals surface area contributed by atoms with Crippen molar-refractivity contribution in [2.24, 2.45) is 11.3 Å². The second-order valence-electron chi connectivity index (χ2n) is 5.91. The summed E-state index contributed by atoms with van der Waals surface area (Å²) in [4.78, 5) is 2.36. The number of rotatable bonds is 3. The van der Waals surface area contributed by atoms with Crippen LogP contribution < -0.4 is 0 Å². The molecule has 0 bridgehead atoms. The minimum Gasteiger partial charge on any atom is -0.396 e. The molecule has 0 aromatic heterocycles. The molecule has 1 heterocycles. The molecule has 1 saturated carbocycles. The third-order valence-corrected chi connectivity index (χ3v) is 4.62. The molecule has 1 aromatic rings. The summed E-state index contributed by atoms with van der Waals surface area (Å²) >= 11 is 0. The SMILES string of the molecule is OCC12CC(F)CC1CN(Cc1ccccc1)C2. The lowest BCUT2D eigenvalue weighted by molar-refractivity contribution is 0.104. The largest absolute Gasteiger partial charge is 0.396 e. The van der Waals surface area contributed by atoms with Crippen LogP contribution in [0, 0.1) is 11.3 Å². The number of hydrogen-bond donors (Lipinski definition) is 1. The first-order chi connectivity index (χ1) is 8.72. The molecule has 3 rings (SSSR count). The first kappa shape index (κ1) is 12.1. The van der Waals surface area contributed by atoms with Gasteiger partial charge in [-0.15, -0.1) is 0 Å². The van der Waals surface area contributed by atoms with Gasteiger partial charge in [-0.05, 0) is 24.3 Å². The minimum absolute atomic E-state index is 0.128. The van der Waals surface area contributed by atoms with Gasteiger partial charge in [0.25, 0.3) is 0 Å². The van der Waals surface area contributed by atoms with E-state index in [1.165, 1.54) is 5.56 Å². The molecule has 3 atom stereocenters.